The van der Waals surface area contributed by atoms with E-state index in [0.717, 1.165) is 24.2 Å². The van der Waals surface area contributed by atoms with Crippen LogP contribution in [0.2, 0.25) is 5.02 Å². The van der Waals surface area contributed by atoms with E-state index in [-0.39, 0.29) is 11.9 Å². The molecule has 3 aromatic rings. The lowest BCUT2D eigenvalue weighted by Gasteiger charge is -2.31. The van der Waals surface area contributed by atoms with E-state index < -0.39 is 0 Å². The van der Waals surface area contributed by atoms with Gasteiger partial charge in [-0.1, -0.05) is 28.9 Å². The van der Waals surface area contributed by atoms with E-state index in [1.807, 2.05) is 36.4 Å². The smallest absolute Gasteiger partial charge is 0.321 e. The minimum absolute atomic E-state index is 0.000226. The fourth-order valence-electron chi connectivity index (χ4n) is 3.38. The van der Waals surface area contributed by atoms with Gasteiger partial charge >= 0.3 is 6.03 Å². The second kappa shape index (κ2) is 8.53. The zero-order valence-corrected chi connectivity index (χ0v) is 16.7. The molecule has 0 saturated carbocycles. The highest BCUT2D eigenvalue weighted by Crippen LogP contribution is 2.29. The van der Waals surface area contributed by atoms with E-state index in [0.29, 0.717) is 35.5 Å². The summed E-state index contributed by atoms with van der Waals surface area (Å²) < 4.78 is 10.7. The molecule has 2 amide bonds. The van der Waals surface area contributed by atoms with Crippen molar-refractivity contribution in [3.8, 4) is 17.1 Å². The third-order valence-electron chi connectivity index (χ3n) is 4.96. The molecule has 0 bridgehead atoms. The molecule has 150 valence electrons. The van der Waals surface area contributed by atoms with Gasteiger partial charge in [0, 0.05) is 18.7 Å². The van der Waals surface area contributed by atoms with E-state index in [2.05, 4.69) is 15.5 Å². The Bertz CT molecular complexity index is 990. The molecule has 1 aliphatic heterocycles. The largest absolute Gasteiger partial charge is 0.497 e. The van der Waals surface area contributed by atoms with Gasteiger partial charge in [0.2, 0.25) is 11.7 Å². The number of hydrogen-bond acceptors (Lipinski definition) is 5. The predicted octanol–water partition coefficient (Wildman–Crippen LogP) is 4.81. The second-order valence-electron chi connectivity index (χ2n) is 6.88. The van der Waals surface area contributed by atoms with Gasteiger partial charge in [-0.15, -0.1) is 0 Å². The SMILES string of the molecule is COc1ccc(-c2noc(C3CCCN(C(=O)Nc4ccccc4Cl)C3)n2)cc1. The van der Waals surface area contributed by atoms with Crippen LogP contribution in [0.5, 0.6) is 5.75 Å². The Morgan fingerprint density at radius 3 is 2.79 bits per heavy atom. The number of carbonyl (C=O) groups excluding carboxylic acids is 1. The first-order chi connectivity index (χ1) is 14.1. The summed E-state index contributed by atoms with van der Waals surface area (Å²) in [6, 6.07) is 14.5. The van der Waals surface area contributed by atoms with Gasteiger partial charge in [0.25, 0.3) is 0 Å². The fraction of sp³-hybridized carbons (Fsp3) is 0.286. The molecular formula is C21H21ClN4O3. The minimum Gasteiger partial charge on any atom is -0.497 e. The Balaban J connectivity index is 1.44. The number of benzene rings is 2. The lowest BCUT2D eigenvalue weighted by Crippen LogP contribution is -2.41. The van der Waals surface area contributed by atoms with Crippen molar-refractivity contribution >= 4 is 23.3 Å². The molecule has 7 nitrogen and oxygen atoms in total. The number of amides is 2. The van der Waals surface area contributed by atoms with Gasteiger partial charge in [-0.05, 0) is 49.2 Å². The summed E-state index contributed by atoms with van der Waals surface area (Å²) in [4.78, 5) is 19.0. The number of nitrogens with zero attached hydrogens (tertiary/aromatic N) is 3. The van der Waals surface area contributed by atoms with Crippen LogP contribution < -0.4 is 10.1 Å². The Labute approximate surface area is 173 Å². The highest BCUT2D eigenvalue weighted by atomic mass is 35.5. The average molecular weight is 413 g/mol. The van der Waals surface area contributed by atoms with Crippen molar-refractivity contribution in [2.24, 2.45) is 0 Å². The Morgan fingerprint density at radius 2 is 2.03 bits per heavy atom. The number of halogens is 1. The quantitative estimate of drug-likeness (QED) is 0.665. The number of carbonyl (C=O) groups is 1. The topological polar surface area (TPSA) is 80.5 Å². The summed E-state index contributed by atoms with van der Waals surface area (Å²) in [6.45, 7) is 1.19. The first-order valence-electron chi connectivity index (χ1n) is 9.42. The standard InChI is InChI=1S/C21H21ClN4O3/c1-28-16-10-8-14(9-11-16)19-24-20(29-25-19)15-5-4-12-26(13-15)21(27)23-18-7-3-2-6-17(18)22/h2-3,6-11,15H,4-5,12-13H2,1H3,(H,23,27). The maximum Gasteiger partial charge on any atom is 0.321 e. The summed E-state index contributed by atoms with van der Waals surface area (Å²) in [5, 5.41) is 7.48. The molecule has 0 aliphatic carbocycles. The van der Waals surface area contributed by atoms with Crippen LogP contribution >= 0.6 is 11.6 Å². The molecule has 1 aliphatic rings. The number of hydrogen-bond donors (Lipinski definition) is 1. The van der Waals surface area contributed by atoms with Gasteiger partial charge in [-0.2, -0.15) is 4.98 Å². The van der Waals surface area contributed by atoms with E-state index in [1.54, 1.807) is 24.1 Å². The highest BCUT2D eigenvalue weighted by molar-refractivity contribution is 6.33. The predicted molar refractivity (Wildman–Crippen MR) is 110 cm³/mol. The fourth-order valence-corrected chi connectivity index (χ4v) is 3.56. The number of rotatable bonds is 4. The van der Waals surface area contributed by atoms with Crippen LogP contribution in [0.3, 0.4) is 0 Å². The molecule has 1 unspecified atom stereocenters. The molecular weight excluding hydrogens is 392 g/mol. The summed E-state index contributed by atoms with van der Waals surface area (Å²) in [6.07, 6.45) is 1.75. The van der Waals surface area contributed by atoms with Crippen LogP contribution in [0.4, 0.5) is 10.5 Å². The van der Waals surface area contributed by atoms with Crippen molar-refractivity contribution in [2.45, 2.75) is 18.8 Å². The van der Waals surface area contributed by atoms with Crippen molar-refractivity contribution < 1.29 is 14.1 Å². The number of piperidine rings is 1. The molecule has 0 radical (unpaired) electrons. The molecule has 2 aromatic carbocycles. The number of aromatic nitrogens is 2. The van der Waals surface area contributed by atoms with Gasteiger partial charge in [0.1, 0.15) is 5.75 Å². The van der Waals surface area contributed by atoms with E-state index >= 15 is 0 Å². The van der Waals surface area contributed by atoms with Gasteiger partial charge in [0.15, 0.2) is 0 Å². The number of ether oxygens (including phenoxy) is 1. The molecule has 1 aromatic heterocycles. The van der Waals surface area contributed by atoms with Crippen LogP contribution in [-0.2, 0) is 0 Å². The van der Waals surface area contributed by atoms with Crippen LogP contribution in [0, 0.1) is 0 Å². The third-order valence-corrected chi connectivity index (χ3v) is 5.29. The summed E-state index contributed by atoms with van der Waals surface area (Å²) >= 11 is 6.14. The Kier molecular flexibility index (Phi) is 5.67. The van der Waals surface area contributed by atoms with Crippen LogP contribution in [0.15, 0.2) is 53.1 Å². The van der Waals surface area contributed by atoms with Crippen molar-refractivity contribution in [3.63, 3.8) is 0 Å². The third kappa shape index (κ3) is 4.35. The normalized spacial score (nSPS) is 16.5. The molecule has 4 rings (SSSR count). The number of nitrogens with one attached hydrogen (secondary N) is 1. The van der Waals surface area contributed by atoms with Gasteiger partial charge in [0.05, 0.1) is 23.7 Å². The number of likely N-dealkylation sites (tertiary alicyclic amines) is 1. The van der Waals surface area contributed by atoms with Crippen LogP contribution in [0.1, 0.15) is 24.7 Å². The lowest BCUT2D eigenvalue weighted by atomic mass is 9.98. The first kappa shape index (κ1) is 19.3. The maximum absolute atomic E-state index is 12.7. The Morgan fingerprint density at radius 1 is 1.24 bits per heavy atom. The van der Waals surface area contributed by atoms with E-state index in [9.17, 15) is 4.79 Å². The Hall–Kier alpha value is -3.06. The van der Waals surface area contributed by atoms with Crippen molar-refractivity contribution in [3.05, 3.63) is 59.4 Å². The molecule has 1 atom stereocenters. The molecule has 1 N–H and O–H groups in total. The zero-order valence-electron chi connectivity index (χ0n) is 16.0. The van der Waals surface area contributed by atoms with Gasteiger partial charge < -0.3 is 19.5 Å². The zero-order chi connectivity index (χ0) is 20.2. The summed E-state index contributed by atoms with van der Waals surface area (Å²) in [7, 11) is 1.62. The maximum atomic E-state index is 12.7. The van der Waals surface area contributed by atoms with Gasteiger partial charge in [-0.3, -0.25) is 0 Å². The second-order valence-corrected chi connectivity index (χ2v) is 7.29. The van der Waals surface area contributed by atoms with Crippen molar-refractivity contribution in [1.82, 2.24) is 15.0 Å². The van der Waals surface area contributed by atoms with Crippen LogP contribution in [0.25, 0.3) is 11.4 Å². The highest BCUT2D eigenvalue weighted by Gasteiger charge is 2.29. The lowest BCUT2D eigenvalue weighted by molar-refractivity contribution is 0.184. The first-order valence-corrected chi connectivity index (χ1v) is 9.80. The number of urea groups is 1. The molecule has 0 spiro atoms. The number of anilines is 1. The summed E-state index contributed by atoms with van der Waals surface area (Å²) in [5.74, 6) is 1.84. The van der Waals surface area contributed by atoms with Crippen molar-refractivity contribution in [2.75, 3.05) is 25.5 Å². The molecule has 2 heterocycles. The van der Waals surface area contributed by atoms with E-state index in [4.69, 9.17) is 20.9 Å². The number of methoxy groups -OCH3 is 1. The average Bonchev–Trinajstić information content (AvgIpc) is 3.26. The molecule has 1 fully saturated rings. The molecule has 1 saturated heterocycles. The monoisotopic (exact) mass is 412 g/mol. The number of para-hydroxylation sites is 1. The summed E-state index contributed by atoms with van der Waals surface area (Å²) in [5.41, 5.74) is 1.45. The molecule has 29 heavy (non-hydrogen) atoms. The van der Waals surface area contributed by atoms with Crippen LogP contribution in [-0.4, -0.2) is 41.3 Å². The van der Waals surface area contributed by atoms with Gasteiger partial charge in [-0.25, -0.2) is 4.79 Å². The van der Waals surface area contributed by atoms with Crippen molar-refractivity contribution in [1.29, 1.82) is 0 Å². The molecule has 8 heteroatoms. The van der Waals surface area contributed by atoms with E-state index in [1.165, 1.54) is 0 Å². The minimum atomic E-state index is -0.183.